The maximum atomic E-state index is 2.24. The average Bonchev–Trinajstić information content (AvgIpc) is 3.32. The van der Waals surface area contributed by atoms with Crippen molar-refractivity contribution in [2.24, 2.45) is 7.05 Å². The molecule has 0 aliphatic carbocycles. The van der Waals surface area contributed by atoms with E-state index in [9.17, 15) is 0 Å². The van der Waals surface area contributed by atoms with E-state index in [1.807, 2.05) is 91.0 Å². The first kappa shape index (κ1) is 30.7. The summed E-state index contributed by atoms with van der Waals surface area (Å²) in [6.45, 7) is 6.25. The molecule has 0 aliphatic heterocycles. The van der Waals surface area contributed by atoms with E-state index >= 15 is 0 Å². The minimum atomic E-state index is 1.30. The Hall–Kier alpha value is -4.88. The topological polar surface area (TPSA) is 4.93 Å². The quantitative estimate of drug-likeness (QED) is 0.182. The third-order valence-corrected chi connectivity index (χ3v) is 6.31. The van der Waals surface area contributed by atoms with Crippen molar-refractivity contribution in [3.05, 3.63) is 193 Å². The summed E-state index contributed by atoms with van der Waals surface area (Å²) in [6, 6.07) is 59.8. The lowest BCUT2D eigenvalue weighted by Gasteiger charge is -1.95. The van der Waals surface area contributed by atoms with Gasteiger partial charge >= 0.3 is 0 Å². The van der Waals surface area contributed by atoms with E-state index in [1.54, 1.807) is 0 Å². The van der Waals surface area contributed by atoms with Gasteiger partial charge in [-0.05, 0) is 32.9 Å². The van der Waals surface area contributed by atoms with Crippen LogP contribution in [-0.4, -0.2) is 4.57 Å². The van der Waals surface area contributed by atoms with Gasteiger partial charge in [-0.2, -0.15) is 0 Å². The number of para-hydroxylation sites is 2. The van der Waals surface area contributed by atoms with Gasteiger partial charge in [-0.25, -0.2) is 0 Å². The van der Waals surface area contributed by atoms with E-state index in [-0.39, 0.29) is 0 Å². The molecular formula is C40H41N. The second kappa shape index (κ2) is 17.7. The second-order valence-electron chi connectivity index (χ2n) is 9.71. The highest BCUT2D eigenvalue weighted by Gasteiger charge is 2.04. The number of aromatic nitrogens is 1. The molecule has 0 bridgehead atoms. The molecule has 1 heterocycles. The summed E-state index contributed by atoms with van der Waals surface area (Å²) in [5, 5.41) is 2.68. The van der Waals surface area contributed by atoms with Gasteiger partial charge in [0.15, 0.2) is 0 Å². The van der Waals surface area contributed by atoms with E-state index in [2.05, 4.69) is 117 Å². The van der Waals surface area contributed by atoms with Crippen molar-refractivity contribution in [1.82, 2.24) is 4.57 Å². The highest BCUT2D eigenvalue weighted by Crippen LogP contribution is 2.27. The fourth-order valence-corrected chi connectivity index (χ4v) is 4.11. The minimum absolute atomic E-state index is 1.30. The number of hydrogen-bond donors (Lipinski definition) is 0. The molecule has 0 radical (unpaired) electrons. The van der Waals surface area contributed by atoms with Gasteiger partial charge < -0.3 is 4.57 Å². The van der Waals surface area contributed by atoms with Crippen molar-refractivity contribution in [3.63, 3.8) is 0 Å². The molecule has 1 nitrogen and oxygen atoms in total. The molecule has 6 aromatic carbocycles. The fraction of sp³-hybridized carbons (Fsp3) is 0.100. The predicted molar refractivity (Wildman–Crippen MR) is 180 cm³/mol. The second-order valence-corrected chi connectivity index (χ2v) is 9.71. The normalized spacial score (nSPS) is 9.46. The van der Waals surface area contributed by atoms with Crippen LogP contribution in [0.25, 0.3) is 21.8 Å². The number of hydrogen-bond acceptors (Lipinski definition) is 0. The van der Waals surface area contributed by atoms with Crippen LogP contribution < -0.4 is 0 Å². The smallest absolute Gasteiger partial charge is 0.0488 e. The Bertz CT molecular complexity index is 1470. The van der Waals surface area contributed by atoms with Gasteiger partial charge in [-0.3, -0.25) is 0 Å². The van der Waals surface area contributed by atoms with E-state index < -0.39 is 0 Å². The van der Waals surface area contributed by atoms with Crippen molar-refractivity contribution in [3.8, 4) is 0 Å². The van der Waals surface area contributed by atoms with Crippen molar-refractivity contribution >= 4 is 21.8 Å². The van der Waals surface area contributed by atoms with Gasteiger partial charge in [0.05, 0.1) is 0 Å². The standard InChI is InChI=1S/C13H11N.3C7H8.C6H6/c1-14-12-8-4-2-6-10(12)11-7-3-5-9-13(11)14;3*1-7-5-3-2-4-6-7;1-2-4-6-5-3-1/h2-9H,1H3;3*2-6H,1H3;1-6H. The van der Waals surface area contributed by atoms with E-state index in [0.717, 1.165) is 0 Å². The van der Waals surface area contributed by atoms with Crippen LogP contribution in [0.3, 0.4) is 0 Å². The Morgan fingerprint density at radius 3 is 0.756 bits per heavy atom. The number of fused-ring (bicyclic) bond motifs is 3. The first-order valence-electron chi connectivity index (χ1n) is 14.0. The average molecular weight is 536 g/mol. The molecule has 7 aromatic rings. The van der Waals surface area contributed by atoms with Crippen LogP contribution in [0.2, 0.25) is 0 Å². The van der Waals surface area contributed by atoms with Crippen molar-refractivity contribution in [2.75, 3.05) is 0 Å². The highest BCUT2D eigenvalue weighted by atomic mass is 14.9. The number of aryl methyl sites for hydroxylation is 4. The Labute approximate surface area is 246 Å². The largest absolute Gasteiger partial charge is 0.344 e. The summed E-state index contributed by atoms with van der Waals surface area (Å²) in [7, 11) is 2.12. The molecule has 41 heavy (non-hydrogen) atoms. The molecule has 0 fully saturated rings. The highest BCUT2D eigenvalue weighted by molar-refractivity contribution is 6.07. The van der Waals surface area contributed by atoms with Crippen molar-refractivity contribution in [1.29, 1.82) is 0 Å². The molecule has 0 N–H and O–H groups in total. The van der Waals surface area contributed by atoms with Crippen LogP contribution >= 0.6 is 0 Å². The predicted octanol–water partition coefficient (Wildman–Crippen LogP) is 11.0. The molecule has 0 unspecified atom stereocenters. The van der Waals surface area contributed by atoms with Gasteiger partial charge in [-0.1, -0.05) is 180 Å². The zero-order chi connectivity index (χ0) is 29.1. The summed E-state index contributed by atoms with van der Waals surface area (Å²) in [4.78, 5) is 0. The van der Waals surface area contributed by atoms with Crippen LogP contribution in [0.15, 0.2) is 176 Å². The molecule has 0 spiro atoms. The maximum Gasteiger partial charge on any atom is 0.0488 e. The van der Waals surface area contributed by atoms with Crippen LogP contribution in [-0.2, 0) is 7.05 Å². The summed E-state index contributed by atoms with van der Waals surface area (Å²) in [6.07, 6.45) is 0. The SMILES string of the molecule is Cc1ccccc1.Cc1ccccc1.Cc1ccccc1.Cn1c2ccccc2c2ccccc21.c1ccccc1. The molecule has 1 heteroatoms. The number of benzene rings is 6. The molecule has 7 rings (SSSR count). The fourth-order valence-electron chi connectivity index (χ4n) is 4.11. The van der Waals surface area contributed by atoms with Gasteiger partial charge in [0.1, 0.15) is 0 Å². The van der Waals surface area contributed by atoms with E-state index in [1.165, 1.54) is 38.5 Å². The molecule has 1 aromatic heterocycles. The minimum Gasteiger partial charge on any atom is -0.344 e. The zero-order valence-corrected chi connectivity index (χ0v) is 24.7. The van der Waals surface area contributed by atoms with Crippen LogP contribution in [0.5, 0.6) is 0 Å². The van der Waals surface area contributed by atoms with Crippen molar-refractivity contribution in [2.45, 2.75) is 20.8 Å². The summed E-state index contributed by atoms with van der Waals surface area (Å²) < 4.78 is 2.24. The summed E-state index contributed by atoms with van der Waals surface area (Å²) in [5.74, 6) is 0. The molecular weight excluding hydrogens is 494 g/mol. The maximum absolute atomic E-state index is 2.24. The first-order valence-corrected chi connectivity index (χ1v) is 14.0. The monoisotopic (exact) mass is 535 g/mol. The van der Waals surface area contributed by atoms with E-state index in [4.69, 9.17) is 0 Å². The third-order valence-electron chi connectivity index (χ3n) is 6.31. The molecule has 0 atom stereocenters. The van der Waals surface area contributed by atoms with Gasteiger partial charge in [0, 0.05) is 28.9 Å². The first-order chi connectivity index (χ1) is 20.1. The zero-order valence-electron chi connectivity index (χ0n) is 24.7. The third kappa shape index (κ3) is 11.0. The molecule has 0 saturated heterocycles. The lowest BCUT2D eigenvalue weighted by molar-refractivity contribution is 1.01. The van der Waals surface area contributed by atoms with E-state index in [0.29, 0.717) is 0 Å². The molecule has 0 aliphatic rings. The lowest BCUT2D eigenvalue weighted by Crippen LogP contribution is -1.84. The van der Waals surface area contributed by atoms with Gasteiger partial charge in [0.25, 0.3) is 0 Å². The molecule has 0 saturated carbocycles. The van der Waals surface area contributed by atoms with Gasteiger partial charge in [0.2, 0.25) is 0 Å². The summed E-state index contributed by atoms with van der Waals surface area (Å²) in [5.41, 5.74) is 6.56. The Kier molecular flexibility index (Phi) is 13.2. The van der Waals surface area contributed by atoms with Crippen LogP contribution in [0.1, 0.15) is 16.7 Å². The Morgan fingerprint density at radius 1 is 0.293 bits per heavy atom. The molecule has 206 valence electrons. The summed E-state index contributed by atoms with van der Waals surface area (Å²) >= 11 is 0. The lowest BCUT2D eigenvalue weighted by atomic mass is 10.2. The Balaban J connectivity index is 0.000000149. The van der Waals surface area contributed by atoms with Crippen LogP contribution in [0, 0.1) is 20.8 Å². The number of nitrogens with zero attached hydrogens (tertiary/aromatic N) is 1. The molecule has 0 amide bonds. The van der Waals surface area contributed by atoms with Gasteiger partial charge in [-0.15, -0.1) is 0 Å². The Morgan fingerprint density at radius 2 is 0.512 bits per heavy atom. The number of rotatable bonds is 0. The van der Waals surface area contributed by atoms with Crippen LogP contribution in [0.4, 0.5) is 0 Å². The van der Waals surface area contributed by atoms with Crippen molar-refractivity contribution < 1.29 is 0 Å².